The van der Waals surface area contributed by atoms with Crippen LogP contribution in [-0.2, 0) is 0 Å². The molecule has 106 valence electrons. The maximum Gasteiger partial charge on any atom is 0.137 e. The van der Waals surface area contributed by atoms with Crippen molar-refractivity contribution in [2.75, 3.05) is 39.8 Å². The fourth-order valence-corrected chi connectivity index (χ4v) is 2.99. The third-order valence-corrected chi connectivity index (χ3v) is 4.35. The highest BCUT2D eigenvalue weighted by molar-refractivity contribution is 9.10. The van der Waals surface area contributed by atoms with Crippen molar-refractivity contribution in [2.45, 2.75) is 12.5 Å². The van der Waals surface area contributed by atoms with Crippen LogP contribution in [0.25, 0.3) is 0 Å². The van der Waals surface area contributed by atoms with E-state index in [9.17, 15) is 4.39 Å². The standard InChI is InChI=1S/C14H21BrFN3/c1-18-5-2-6-19(8-7-18)14(10-17)11-3-4-13(16)12(15)9-11/h3-4,9,14H,2,5-8,10,17H2,1H3. The zero-order chi connectivity index (χ0) is 13.8. The Morgan fingerprint density at radius 2 is 2.11 bits per heavy atom. The van der Waals surface area contributed by atoms with Crippen LogP contribution in [0.5, 0.6) is 0 Å². The first kappa shape index (κ1) is 14.9. The Morgan fingerprint density at radius 1 is 1.32 bits per heavy atom. The fraction of sp³-hybridized carbons (Fsp3) is 0.571. The molecule has 19 heavy (non-hydrogen) atoms. The van der Waals surface area contributed by atoms with Crippen molar-refractivity contribution < 1.29 is 4.39 Å². The lowest BCUT2D eigenvalue weighted by Gasteiger charge is -2.30. The molecule has 1 aliphatic heterocycles. The summed E-state index contributed by atoms with van der Waals surface area (Å²) < 4.78 is 13.8. The lowest BCUT2D eigenvalue weighted by molar-refractivity contribution is 0.208. The molecule has 1 fully saturated rings. The topological polar surface area (TPSA) is 32.5 Å². The molecule has 1 aromatic carbocycles. The molecule has 2 N–H and O–H groups in total. The average molecular weight is 330 g/mol. The molecule has 1 heterocycles. The van der Waals surface area contributed by atoms with Gasteiger partial charge in [-0.15, -0.1) is 0 Å². The van der Waals surface area contributed by atoms with Crippen molar-refractivity contribution in [3.05, 3.63) is 34.1 Å². The number of nitrogens with two attached hydrogens (primary N) is 1. The van der Waals surface area contributed by atoms with Gasteiger partial charge in [0.25, 0.3) is 0 Å². The first-order chi connectivity index (χ1) is 9.11. The van der Waals surface area contributed by atoms with E-state index in [0.717, 1.165) is 38.2 Å². The van der Waals surface area contributed by atoms with Gasteiger partial charge in [-0.25, -0.2) is 4.39 Å². The number of halogens is 2. The molecule has 5 heteroatoms. The van der Waals surface area contributed by atoms with Crippen molar-refractivity contribution in [1.82, 2.24) is 9.80 Å². The minimum absolute atomic E-state index is 0.170. The molecule has 0 radical (unpaired) electrons. The van der Waals surface area contributed by atoms with Gasteiger partial charge in [0.15, 0.2) is 0 Å². The van der Waals surface area contributed by atoms with Gasteiger partial charge in [-0.05, 0) is 53.6 Å². The summed E-state index contributed by atoms with van der Waals surface area (Å²) in [6.07, 6.45) is 1.15. The Balaban J connectivity index is 2.16. The summed E-state index contributed by atoms with van der Waals surface area (Å²) in [6, 6.07) is 5.36. The molecule has 0 aromatic heterocycles. The summed E-state index contributed by atoms with van der Waals surface area (Å²) in [4.78, 5) is 4.75. The number of hydrogen-bond acceptors (Lipinski definition) is 3. The monoisotopic (exact) mass is 329 g/mol. The van der Waals surface area contributed by atoms with Gasteiger partial charge >= 0.3 is 0 Å². The Kier molecular flexibility index (Phi) is 5.33. The maximum atomic E-state index is 13.3. The van der Waals surface area contributed by atoms with Gasteiger partial charge in [0, 0.05) is 32.2 Å². The normalized spacial score (nSPS) is 20.2. The largest absolute Gasteiger partial charge is 0.329 e. The molecule has 1 atom stereocenters. The van der Waals surface area contributed by atoms with Gasteiger partial charge < -0.3 is 10.6 Å². The predicted molar refractivity (Wildman–Crippen MR) is 79.6 cm³/mol. The number of benzene rings is 1. The van der Waals surface area contributed by atoms with Crippen LogP contribution in [0.3, 0.4) is 0 Å². The van der Waals surface area contributed by atoms with E-state index >= 15 is 0 Å². The summed E-state index contributed by atoms with van der Waals surface area (Å²) in [5, 5.41) is 0. The lowest BCUT2D eigenvalue weighted by atomic mass is 10.0. The van der Waals surface area contributed by atoms with Crippen LogP contribution < -0.4 is 5.73 Å². The molecule has 1 aromatic rings. The van der Waals surface area contributed by atoms with Crippen LogP contribution in [0.4, 0.5) is 4.39 Å². The highest BCUT2D eigenvalue weighted by Gasteiger charge is 2.22. The van der Waals surface area contributed by atoms with E-state index < -0.39 is 0 Å². The van der Waals surface area contributed by atoms with E-state index in [2.05, 4.69) is 32.8 Å². The van der Waals surface area contributed by atoms with Crippen LogP contribution in [0, 0.1) is 5.82 Å². The van der Waals surface area contributed by atoms with E-state index in [-0.39, 0.29) is 11.9 Å². The second kappa shape index (κ2) is 6.79. The fourth-order valence-electron chi connectivity index (χ4n) is 2.59. The Morgan fingerprint density at radius 3 is 2.79 bits per heavy atom. The van der Waals surface area contributed by atoms with E-state index in [4.69, 9.17) is 5.73 Å². The van der Waals surface area contributed by atoms with Crippen LogP contribution in [-0.4, -0.2) is 49.6 Å². The molecule has 0 saturated carbocycles. The SMILES string of the molecule is CN1CCCN(C(CN)c2ccc(F)c(Br)c2)CC1. The molecule has 0 bridgehead atoms. The van der Waals surface area contributed by atoms with Gasteiger partial charge in [-0.1, -0.05) is 6.07 Å². The molecule has 1 aliphatic rings. The van der Waals surface area contributed by atoms with Crippen LogP contribution in [0.15, 0.2) is 22.7 Å². The zero-order valence-electron chi connectivity index (χ0n) is 11.3. The van der Waals surface area contributed by atoms with Gasteiger partial charge in [-0.3, -0.25) is 4.90 Å². The third kappa shape index (κ3) is 3.75. The molecular weight excluding hydrogens is 309 g/mol. The maximum absolute atomic E-state index is 13.3. The highest BCUT2D eigenvalue weighted by Crippen LogP contribution is 2.25. The van der Waals surface area contributed by atoms with Crippen LogP contribution >= 0.6 is 15.9 Å². The molecule has 0 aliphatic carbocycles. The Bertz CT molecular complexity index is 427. The summed E-state index contributed by atoms with van der Waals surface area (Å²) in [7, 11) is 2.15. The molecule has 0 amide bonds. The van der Waals surface area contributed by atoms with Crippen molar-refractivity contribution in [2.24, 2.45) is 5.73 Å². The predicted octanol–water partition coefficient (Wildman–Crippen LogP) is 2.23. The van der Waals surface area contributed by atoms with E-state index in [1.807, 2.05) is 12.1 Å². The van der Waals surface area contributed by atoms with Gasteiger partial charge in [0.1, 0.15) is 5.82 Å². The van der Waals surface area contributed by atoms with Gasteiger partial charge in [-0.2, -0.15) is 0 Å². The smallest absolute Gasteiger partial charge is 0.137 e. The molecule has 2 rings (SSSR count). The molecule has 3 nitrogen and oxygen atoms in total. The second-order valence-corrected chi connectivity index (χ2v) is 5.97. The summed E-state index contributed by atoms with van der Waals surface area (Å²) in [5.74, 6) is -0.227. The summed E-state index contributed by atoms with van der Waals surface area (Å²) >= 11 is 3.25. The number of rotatable bonds is 3. The van der Waals surface area contributed by atoms with Gasteiger partial charge in [0.05, 0.1) is 4.47 Å². The van der Waals surface area contributed by atoms with Crippen molar-refractivity contribution in [1.29, 1.82) is 0 Å². The number of likely N-dealkylation sites (N-methyl/N-ethyl adjacent to an activating group) is 1. The molecule has 1 unspecified atom stereocenters. The highest BCUT2D eigenvalue weighted by atomic mass is 79.9. The average Bonchev–Trinajstić information content (AvgIpc) is 2.60. The summed E-state index contributed by atoms with van der Waals surface area (Å²) in [6.45, 7) is 4.79. The van der Waals surface area contributed by atoms with Crippen molar-refractivity contribution in [3.8, 4) is 0 Å². The minimum atomic E-state index is -0.227. The van der Waals surface area contributed by atoms with Crippen LogP contribution in [0.2, 0.25) is 0 Å². The van der Waals surface area contributed by atoms with Crippen molar-refractivity contribution >= 4 is 15.9 Å². The van der Waals surface area contributed by atoms with Crippen molar-refractivity contribution in [3.63, 3.8) is 0 Å². The number of nitrogens with zero attached hydrogens (tertiary/aromatic N) is 2. The molecule has 1 saturated heterocycles. The van der Waals surface area contributed by atoms with Crippen LogP contribution in [0.1, 0.15) is 18.0 Å². The zero-order valence-corrected chi connectivity index (χ0v) is 12.9. The second-order valence-electron chi connectivity index (χ2n) is 5.12. The van der Waals surface area contributed by atoms with E-state index in [1.54, 1.807) is 0 Å². The molecule has 0 spiro atoms. The first-order valence-electron chi connectivity index (χ1n) is 6.69. The Hall–Kier alpha value is -0.490. The molecular formula is C14H21BrFN3. The third-order valence-electron chi connectivity index (χ3n) is 3.75. The van der Waals surface area contributed by atoms with E-state index in [1.165, 1.54) is 6.07 Å². The number of hydrogen-bond donors (Lipinski definition) is 1. The first-order valence-corrected chi connectivity index (χ1v) is 7.48. The lowest BCUT2D eigenvalue weighted by Crippen LogP contribution is -2.36. The Labute approximate surface area is 122 Å². The van der Waals surface area contributed by atoms with Gasteiger partial charge in [0.2, 0.25) is 0 Å². The van der Waals surface area contributed by atoms with E-state index in [0.29, 0.717) is 11.0 Å². The quantitative estimate of drug-likeness (QED) is 0.922. The summed E-state index contributed by atoms with van der Waals surface area (Å²) in [5.41, 5.74) is 7.03. The minimum Gasteiger partial charge on any atom is -0.329 e.